The van der Waals surface area contributed by atoms with Crippen LogP contribution >= 0.6 is 11.9 Å². The van der Waals surface area contributed by atoms with E-state index in [9.17, 15) is 4.79 Å². The van der Waals surface area contributed by atoms with Crippen LogP contribution in [0, 0.1) is 11.8 Å². The first kappa shape index (κ1) is 11.0. The Morgan fingerprint density at radius 1 is 1.45 bits per heavy atom. The SMILES string of the molecule is CC(C)C(C)CN(C)SC=O. The molecule has 11 heavy (non-hydrogen) atoms. The summed E-state index contributed by atoms with van der Waals surface area (Å²) in [5.41, 5.74) is 0.868. The first-order valence-electron chi connectivity index (χ1n) is 3.89. The maximum absolute atomic E-state index is 10.1. The van der Waals surface area contributed by atoms with Crippen LogP contribution < -0.4 is 0 Å². The summed E-state index contributed by atoms with van der Waals surface area (Å²) in [5, 5.41) is 0. The number of hydrogen-bond acceptors (Lipinski definition) is 3. The van der Waals surface area contributed by atoms with Crippen LogP contribution in [0.15, 0.2) is 0 Å². The van der Waals surface area contributed by atoms with Crippen LogP contribution in [0.3, 0.4) is 0 Å². The molecular formula is C8H17NOS. The zero-order valence-electron chi connectivity index (χ0n) is 7.70. The fourth-order valence-electron chi connectivity index (χ4n) is 0.733. The number of carbonyl (C=O) groups excluding carboxylic acids is 1. The van der Waals surface area contributed by atoms with Crippen molar-refractivity contribution in [2.75, 3.05) is 13.6 Å². The van der Waals surface area contributed by atoms with Gasteiger partial charge in [-0.15, -0.1) is 0 Å². The standard InChI is InChI=1S/C8H17NOS/c1-7(2)8(3)5-9(4)11-6-10/h6-8H,5H2,1-4H3. The van der Waals surface area contributed by atoms with E-state index in [1.165, 1.54) is 11.9 Å². The van der Waals surface area contributed by atoms with Crippen molar-refractivity contribution in [3.63, 3.8) is 0 Å². The molecule has 0 aliphatic rings. The van der Waals surface area contributed by atoms with Gasteiger partial charge < -0.3 is 0 Å². The summed E-state index contributed by atoms with van der Waals surface area (Å²) in [6.45, 7) is 7.57. The summed E-state index contributed by atoms with van der Waals surface area (Å²) < 4.78 is 1.97. The van der Waals surface area contributed by atoms with Crippen LogP contribution in [0.1, 0.15) is 20.8 Å². The van der Waals surface area contributed by atoms with E-state index in [0.29, 0.717) is 11.8 Å². The third kappa shape index (κ3) is 5.27. The van der Waals surface area contributed by atoms with Crippen molar-refractivity contribution in [1.82, 2.24) is 4.31 Å². The lowest BCUT2D eigenvalue weighted by Gasteiger charge is -2.20. The Bertz CT molecular complexity index is 117. The van der Waals surface area contributed by atoms with Crippen LogP contribution in [0.25, 0.3) is 0 Å². The number of nitrogens with zero attached hydrogens (tertiary/aromatic N) is 1. The maximum atomic E-state index is 10.1. The van der Waals surface area contributed by atoms with E-state index < -0.39 is 0 Å². The monoisotopic (exact) mass is 175 g/mol. The molecule has 0 bridgehead atoms. The minimum absolute atomic E-state index is 0.646. The van der Waals surface area contributed by atoms with Crippen molar-refractivity contribution in [2.45, 2.75) is 20.8 Å². The second kappa shape index (κ2) is 5.61. The van der Waals surface area contributed by atoms with Crippen molar-refractivity contribution in [3.05, 3.63) is 0 Å². The highest BCUT2D eigenvalue weighted by molar-refractivity contribution is 8.09. The van der Waals surface area contributed by atoms with E-state index in [1.54, 1.807) is 0 Å². The van der Waals surface area contributed by atoms with E-state index in [-0.39, 0.29) is 0 Å². The van der Waals surface area contributed by atoms with Gasteiger partial charge in [-0.3, -0.25) is 4.79 Å². The Morgan fingerprint density at radius 2 is 2.00 bits per heavy atom. The van der Waals surface area contributed by atoms with E-state index in [2.05, 4.69) is 20.8 Å². The normalized spacial score (nSPS) is 14.0. The van der Waals surface area contributed by atoms with Crippen molar-refractivity contribution in [3.8, 4) is 0 Å². The van der Waals surface area contributed by atoms with Gasteiger partial charge in [-0.25, -0.2) is 4.31 Å². The van der Waals surface area contributed by atoms with Crippen molar-refractivity contribution >= 4 is 17.6 Å². The van der Waals surface area contributed by atoms with Gasteiger partial charge >= 0.3 is 0 Å². The lowest BCUT2D eigenvalue weighted by molar-refractivity contribution is 0.350. The van der Waals surface area contributed by atoms with Gasteiger partial charge in [0.25, 0.3) is 0 Å². The molecule has 0 aromatic rings. The fraction of sp³-hybridized carbons (Fsp3) is 0.875. The van der Waals surface area contributed by atoms with Gasteiger partial charge in [-0.1, -0.05) is 20.8 Å². The van der Waals surface area contributed by atoms with E-state index in [1.807, 2.05) is 11.4 Å². The van der Waals surface area contributed by atoms with E-state index >= 15 is 0 Å². The van der Waals surface area contributed by atoms with Crippen LogP contribution in [0.5, 0.6) is 0 Å². The molecule has 0 N–H and O–H groups in total. The highest BCUT2D eigenvalue weighted by atomic mass is 32.2. The van der Waals surface area contributed by atoms with Crippen LogP contribution in [0.2, 0.25) is 0 Å². The van der Waals surface area contributed by atoms with Gasteiger partial charge in [0.1, 0.15) is 0 Å². The largest absolute Gasteiger partial charge is 0.290 e. The molecule has 1 unspecified atom stereocenters. The number of rotatable bonds is 5. The van der Waals surface area contributed by atoms with Crippen molar-refractivity contribution < 1.29 is 4.79 Å². The second-order valence-electron chi connectivity index (χ2n) is 3.23. The molecule has 0 aromatic carbocycles. The minimum atomic E-state index is 0.646. The van der Waals surface area contributed by atoms with Crippen LogP contribution in [0.4, 0.5) is 0 Å². The smallest absolute Gasteiger partial charge is 0.191 e. The van der Waals surface area contributed by atoms with E-state index in [4.69, 9.17) is 0 Å². The third-order valence-electron chi connectivity index (χ3n) is 1.91. The average Bonchev–Trinajstić information content (AvgIpc) is 1.87. The average molecular weight is 175 g/mol. The summed E-state index contributed by atoms with van der Waals surface area (Å²) in [7, 11) is 1.94. The Labute approximate surface area is 73.5 Å². The lowest BCUT2D eigenvalue weighted by atomic mass is 9.98. The summed E-state index contributed by atoms with van der Waals surface area (Å²) in [5.74, 6) is 1.33. The minimum Gasteiger partial charge on any atom is -0.290 e. The van der Waals surface area contributed by atoms with Crippen LogP contribution in [-0.2, 0) is 4.79 Å². The molecule has 0 aromatic heterocycles. The van der Waals surface area contributed by atoms with Crippen molar-refractivity contribution in [2.24, 2.45) is 11.8 Å². The lowest BCUT2D eigenvalue weighted by Crippen LogP contribution is -2.21. The zero-order chi connectivity index (χ0) is 8.85. The molecule has 3 heteroatoms. The van der Waals surface area contributed by atoms with Gasteiger partial charge in [0.15, 0.2) is 5.62 Å². The number of carbonyl (C=O) groups is 1. The van der Waals surface area contributed by atoms with Gasteiger partial charge in [0.2, 0.25) is 0 Å². The van der Waals surface area contributed by atoms with Gasteiger partial charge in [0, 0.05) is 6.54 Å². The number of hydrogen-bond donors (Lipinski definition) is 0. The maximum Gasteiger partial charge on any atom is 0.191 e. The first-order valence-corrected chi connectivity index (χ1v) is 4.73. The molecular weight excluding hydrogens is 158 g/mol. The summed E-state index contributed by atoms with van der Waals surface area (Å²) >= 11 is 1.23. The summed E-state index contributed by atoms with van der Waals surface area (Å²) in [6.07, 6.45) is 0. The first-order chi connectivity index (χ1) is 5.07. The molecule has 0 saturated heterocycles. The molecule has 0 aliphatic heterocycles. The molecule has 0 amide bonds. The molecule has 0 saturated carbocycles. The van der Waals surface area contributed by atoms with Crippen LogP contribution in [-0.4, -0.2) is 23.5 Å². The molecule has 0 aliphatic carbocycles. The van der Waals surface area contributed by atoms with E-state index in [0.717, 1.165) is 12.2 Å². The quantitative estimate of drug-likeness (QED) is 0.471. The topological polar surface area (TPSA) is 20.3 Å². The Hall–Kier alpha value is -0.0200. The predicted octanol–water partition coefficient (Wildman–Crippen LogP) is 2.05. The van der Waals surface area contributed by atoms with Gasteiger partial charge in [0.05, 0.1) is 0 Å². The third-order valence-corrected chi connectivity index (χ3v) is 2.50. The second-order valence-corrected chi connectivity index (χ2v) is 4.26. The van der Waals surface area contributed by atoms with Crippen molar-refractivity contribution in [1.29, 1.82) is 0 Å². The highest BCUT2D eigenvalue weighted by Crippen LogP contribution is 2.13. The molecule has 0 radical (unpaired) electrons. The molecule has 0 rings (SSSR count). The van der Waals surface area contributed by atoms with Gasteiger partial charge in [-0.2, -0.15) is 0 Å². The summed E-state index contributed by atoms with van der Waals surface area (Å²) in [6, 6.07) is 0. The molecule has 1 atom stereocenters. The summed E-state index contributed by atoms with van der Waals surface area (Å²) in [4.78, 5) is 10.1. The Balaban J connectivity index is 3.56. The van der Waals surface area contributed by atoms with Gasteiger partial charge in [-0.05, 0) is 30.8 Å². The molecule has 0 fully saturated rings. The highest BCUT2D eigenvalue weighted by Gasteiger charge is 2.09. The molecule has 0 heterocycles. The fourth-order valence-corrected chi connectivity index (χ4v) is 1.20. The Morgan fingerprint density at radius 3 is 2.36 bits per heavy atom. The molecule has 66 valence electrons. The molecule has 2 nitrogen and oxygen atoms in total. The Kier molecular flexibility index (Phi) is 5.60. The zero-order valence-corrected chi connectivity index (χ0v) is 8.52. The predicted molar refractivity (Wildman–Crippen MR) is 51.0 cm³/mol. The molecule has 0 spiro atoms.